The highest BCUT2D eigenvalue weighted by atomic mass is 14.7. The SMILES string of the molecule is CCCCCCCC(CCCCCCC)C(C)(C)CC(C)(C)N. The van der Waals surface area contributed by atoms with Crippen molar-refractivity contribution in [3.63, 3.8) is 0 Å². The summed E-state index contributed by atoms with van der Waals surface area (Å²) in [4.78, 5) is 0. The Kier molecular flexibility index (Phi) is 12.3. The lowest BCUT2D eigenvalue weighted by atomic mass is 9.68. The van der Waals surface area contributed by atoms with Gasteiger partial charge in [-0.3, -0.25) is 0 Å². The van der Waals surface area contributed by atoms with Crippen LogP contribution in [0.1, 0.15) is 125 Å². The van der Waals surface area contributed by atoms with Crippen LogP contribution in [0.3, 0.4) is 0 Å². The lowest BCUT2D eigenvalue weighted by Gasteiger charge is -2.39. The van der Waals surface area contributed by atoms with Gasteiger partial charge in [-0.2, -0.15) is 0 Å². The van der Waals surface area contributed by atoms with Crippen molar-refractivity contribution in [3.8, 4) is 0 Å². The summed E-state index contributed by atoms with van der Waals surface area (Å²) < 4.78 is 0. The van der Waals surface area contributed by atoms with E-state index in [9.17, 15) is 0 Å². The molecule has 0 aliphatic heterocycles. The fourth-order valence-corrected chi connectivity index (χ4v) is 4.23. The first-order chi connectivity index (χ1) is 10.7. The van der Waals surface area contributed by atoms with Gasteiger partial charge in [-0.05, 0) is 44.4 Å². The minimum atomic E-state index is -0.0494. The number of unbranched alkanes of at least 4 members (excludes halogenated alkanes) is 8. The predicted molar refractivity (Wildman–Crippen MR) is 107 cm³/mol. The zero-order valence-electron chi connectivity index (χ0n) is 17.3. The molecule has 0 atom stereocenters. The molecule has 0 aromatic heterocycles. The average molecular weight is 326 g/mol. The smallest absolute Gasteiger partial charge is 0.0102 e. The van der Waals surface area contributed by atoms with E-state index in [0.29, 0.717) is 5.41 Å². The predicted octanol–water partition coefficient (Wildman–Crippen LogP) is 7.48. The minimum Gasteiger partial charge on any atom is -0.326 e. The molecule has 0 radical (unpaired) electrons. The van der Waals surface area contributed by atoms with E-state index < -0.39 is 0 Å². The summed E-state index contributed by atoms with van der Waals surface area (Å²) in [5.41, 5.74) is 6.67. The molecule has 2 N–H and O–H groups in total. The first kappa shape index (κ1) is 23.0. The van der Waals surface area contributed by atoms with Crippen molar-refractivity contribution < 1.29 is 0 Å². The monoisotopic (exact) mass is 325 g/mol. The fourth-order valence-electron chi connectivity index (χ4n) is 4.23. The van der Waals surface area contributed by atoms with Crippen molar-refractivity contribution in [3.05, 3.63) is 0 Å². The normalized spacial score (nSPS) is 13.0. The Morgan fingerprint density at radius 1 is 0.652 bits per heavy atom. The molecular weight excluding hydrogens is 278 g/mol. The Hall–Kier alpha value is -0.0400. The molecule has 0 bridgehead atoms. The lowest BCUT2D eigenvalue weighted by molar-refractivity contribution is 0.133. The maximum atomic E-state index is 6.35. The zero-order valence-corrected chi connectivity index (χ0v) is 17.3. The molecule has 0 fully saturated rings. The van der Waals surface area contributed by atoms with E-state index in [1.54, 1.807) is 0 Å². The molecule has 0 spiro atoms. The summed E-state index contributed by atoms with van der Waals surface area (Å²) in [6.07, 6.45) is 17.9. The largest absolute Gasteiger partial charge is 0.326 e. The molecule has 0 saturated carbocycles. The van der Waals surface area contributed by atoms with E-state index in [1.165, 1.54) is 77.0 Å². The summed E-state index contributed by atoms with van der Waals surface area (Å²) in [6, 6.07) is 0. The number of nitrogens with two attached hydrogens (primary N) is 1. The van der Waals surface area contributed by atoms with Gasteiger partial charge in [-0.25, -0.2) is 0 Å². The van der Waals surface area contributed by atoms with Gasteiger partial charge in [0.1, 0.15) is 0 Å². The van der Waals surface area contributed by atoms with Crippen LogP contribution in [0.2, 0.25) is 0 Å². The van der Waals surface area contributed by atoms with Crippen LogP contribution in [0.5, 0.6) is 0 Å². The molecule has 0 rings (SSSR count). The van der Waals surface area contributed by atoms with Gasteiger partial charge < -0.3 is 5.73 Å². The van der Waals surface area contributed by atoms with Crippen LogP contribution in [0.25, 0.3) is 0 Å². The Bertz CT molecular complexity index is 248. The summed E-state index contributed by atoms with van der Waals surface area (Å²) in [5.74, 6) is 0.841. The standard InChI is InChI=1S/C22H47N/c1-7-9-11-13-15-17-20(18-16-14-12-10-8-2)21(3,4)19-22(5,6)23/h20H,7-19,23H2,1-6H3. The third kappa shape index (κ3) is 13.0. The molecule has 0 aromatic carbocycles. The van der Waals surface area contributed by atoms with Crippen LogP contribution < -0.4 is 5.73 Å². The molecule has 0 amide bonds. The fraction of sp³-hybridized carbons (Fsp3) is 1.00. The van der Waals surface area contributed by atoms with Crippen LogP contribution in [0.4, 0.5) is 0 Å². The van der Waals surface area contributed by atoms with Crippen LogP contribution >= 0.6 is 0 Å². The highest BCUT2D eigenvalue weighted by molar-refractivity contribution is 4.87. The van der Waals surface area contributed by atoms with E-state index in [-0.39, 0.29) is 5.54 Å². The molecule has 1 heteroatoms. The van der Waals surface area contributed by atoms with Crippen molar-refractivity contribution in [1.82, 2.24) is 0 Å². The van der Waals surface area contributed by atoms with Crippen LogP contribution in [0.15, 0.2) is 0 Å². The molecule has 0 heterocycles. The lowest BCUT2D eigenvalue weighted by Crippen LogP contribution is -2.40. The van der Waals surface area contributed by atoms with Crippen LogP contribution in [-0.4, -0.2) is 5.54 Å². The average Bonchev–Trinajstić information content (AvgIpc) is 2.41. The third-order valence-corrected chi connectivity index (χ3v) is 5.33. The van der Waals surface area contributed by atoms with Crippen molar-refractivity contribution in [2.24, 2.45) is 17.1 Å². The topological polar surface area (TPSA) is 26.0 Å². The van der Waals surface area contributed by atoms with Gasteiger partial charge in [0.15, 0.2) is 0 Å². The van der Waals surface area contributed by atoms with Crippen molar-refractivity contribution in [2.45, 2.75) is 131 Å². The quantitative estimate of drug-likeness (QED) is 0.310. The summed E-state index contributed by atoms with van der Waals surface area (Å²) in [7, 11) is 0. The van der Waals surface area contributed by atoms with Gasteiger partial charge in [-0.1, -0.05) is 91.9 Å². The van der Waals surface area contributed by atoms with Crippen LogP contribution in [0, 0.1) is 11.3 Å². The van der Waals surface area contributed by atoms with Gasteiger partial charge in [0, 0.05) is 5.54 Å². The van der Waals surface area contributed by atoms with Gasteiger partial charge in [0.05, 0.1) is 0 Å². The maximum Gasteiger partial charge on any atom is 0.0102 e. The molecule has 140 valence electrons. The van der Waals surface area contributed by atoms with Gasteiger partial charge >= 0.3 is 0 Å². The summed E-state index contributed by atoms with van der Waals surface area (Å²) >= 11 is 0. The molecule has 0 aliphatic carbocycles. The maximum absolute atomic E-state index is 6.35. The van der Waals surface area contributed by atoms with E-state index in [4.69, 9.17) is 5.73 Å². The van der Waals surface area contributed by atoms with Crippen LogP contribution in [-0.2, 0) is 0 Å². The van der Waals surface area contributed by atoms with Gasteiger partial charge in [0.2, 0.25) is 0 Å². The number of rotatable bonds is 15. The molecular formula is C22H47N. The Balaban J connectivity index is 4.40. The Morgan fingerprint density at radius 2 is 1.04 bits per heavy atom. The molecule has 0 unspecified atom stereocenters. The van der Waals surface area contributed by atoms with E-state index in [1.807, 2.05) is 0 Å². The summed E-state index contributed by atoms with van der Waals surface area (Å²) in [5, 5.41) is 0. The Morgan fingerprint density at radius 3 is 1.39 bits per heavy atom. The second kappa shape index (κ2) is 12.3. The first-order valence-corrected chi connectivity index (χ1v) is 10.5. The molecule has 0 aromatic rings. The summed E-state index contributed by atoms with van der Waals surface area (Å²) in [6.45, 7) is 13.9. The third-order valence-electron chi connectivity index (χ3n) is 5.33. The second-order valence-corrected chi connectivity index (χ2v) is 9.26. The highest BCUT2D eigenvalue weighted by Crippen LogP contribution is 2.40. The second-order valence-electron chi connectivity index (χ2n) is 9.26. The van der Waals surface area contributed by atoms with Gasteiger partial charge in [0.25, 0.3) is 0 Å². The Labute approximate surface area is 148 Å². The first-order valence-electron chi connectivity index (χ1n) is 10.5. The number of hydrogen-bond donors (Lipinski definition) is 1. The minimum absolute atomic E-state index is 0.0494. The van der Waals surface area contributed by atoms with Gasteiger partial charge in [-0.15, -0.1) is 0 Å². The molecule has 0 aliphatic rings. The number of hydrogen-bond acceptors (Lipinski definition) is 1. The highest BCUT2D eigenvalue weighted by Gasteiger charge is 2.32. The molecule has 1 nitrogen and oxygen atoms in total. The molecule has 0 saturated heterocycles. The molecule has 23 heavy (non-hydrogen) atoms. The van der Waals surface area contributed by atoms with Crippen molar-refractivity contribution in [1.29, 1.82) is 0 Å². The van der Waals surface area contributed by atoms with E-state index in [2.05, 4.69) is 41.5 Å². The van der Waals surface area contributed by atoms with E-state index in [0.717, 1.165) is 12.3 Å². The van der Waals surface area contributed by atoms with E-state index >= 15 is 0 Å². The van der Waals surface area contributed by atoms with Crippen molar-refractivity contribution in [2.75, 3.05) is 0 Å². The zero-order chi connectivity index (χ0) is 17.8. The van der Waals surface area contributed by atoms with Crippen molar-refractivity contribution >= 4 is 0 Å².